The third-order valence-electron chi connectivity index (χ3n) is 3.77. The van der Waals surface area contributed by atoms with Crippen molar-refractivity contribution in [2.45, 2.75) is 12.8 Å². The second-order valence-electron chi connectivity index (χ2n) is 5.17. The highest BCUT2D eigenvalue weighted by Gasteiger charge is 2.40. The predicted octanol–water partition coefficient (Wildman–Crippen LogP) is 1.71. The van der Waals surface area contributed by atoms with E-state index in [2.05, 4.69) is 9.47 Å². The number of methoxy groups -OCH3 is 2. The lowest BCUT2D eigenvalue weighted by atomic mass is 9.92. The number of rotatable bonds is 5. The first-order valence-corrected chi connectivity index (χ1v) is 7.00. The molecule has 0 spiro atoms. The number of ether oxygens (including phenoxy) is 2. The molecule has 0 bridgehead atoms. The minimum atomic E-state index is -1.09. The summed E-state index contributed by atoms with van der Waals surface area (Å²) in [5, 5.41) is 0. The normalized spacial score (nSPS) is 17.3. The Morgan fingerprint density at radius 1 is 1.14 bits per heavy atom. The number of hydrogen-bond donors (Lipinski definition) is 0. The summed E-state index contributed by atoms with van der Waals surface area (Å²) < 4.78 is 9.31. The first kappa shape index (κ1) is 15.9. The van der Waals surface area contributed by atoms with Crippen LogP contribution in [0.2, 0.25) is 0 Å². The second-order valence-corrected chi connectivity index (χ2v) is 5.17. The van der Waals surface area contributed by atoms with Crippen LogP contribution < -0.4 is 0 Å². The fourth-order valence-electron chi connectivity index (χ4n) is 2.64. The molecule has 22 heavy (non-hydrogen) atoms. The summed E-state index contributed by atoms with van der Waals surface area (Å²) >= 11 is 0. The number of esters is 2. The molecule has 0 amide bonds. The van der Waals surface area contributed by atoms with Crippen molar-refractivity contribution < 1.29 is 23.9 Å². The van der Waals surface area contributed by atoms with Crippen molar-refractivity contribution in [3.63, 3.8) is 0 Å². The summed E-state index contributed by atoms with van der Waals surface area (Å²) in [4.78, 5) is 35.8. The molecule has 0 saturated heterocycles. The number of Topliss-reactive ketones (excluding diaryl/α,β-unsaturated/α-hetero) is 1. The molecule has 2 rings (SSSR count). The van der Waals surface area contributed by atoms with Crippen LogP contribution in [0.3, 0.4) is 0 Å². The van der Waals surface area contributed by atoms with Crippen molar-refractivity contribution in [2.75, 3.05) is 14.2 Å². The van der Waals surface area contributed by atoms with E-state index in [-0.39, 0.29) is 12.2 Å². The molecule has 0 aliphatic heterocycles. The van der Waals surface area contributed by atoms with Crippen molar-refractivity contribution in [3.05, 3.63) is 47.5 Å². The van der Waals surface area contributed by atoms with Gasteiger partial charge in [-0.1, -0.05) is 36.4 Å². The average Bonchev–Trinajstić information content (AvgIpc) is 2.88. The lowest BCUT2D eigenvalue weighted by molar-refractivity contribution is -0.160. The van der Waals surface area contributed by atoms with E-state index in [1.807, 2.05) is 30.3 Å². The van der Waals surface area contributed by atoms with Crippen LogP contribution in [-0.4, -0.2) is 31.9 Å². The Kier molecular flexibility index (Phi) is 5.09. The largest absolute Gasteiger partial charge is 0.468 e. The standard InChI is InChI=1S/C17H18O5/c1-21-16(19)15(17(20)22-2)13-9-12(14(18)10-13)8-11-6-4-3-5-7-11/h3-7,9,13,15H,8,10H2,1-2H3. The van der Waals surface area contributed by atoms with Crippen LogP contribution in [0.4, 0.5) is 0 Å². The zero-order chi connectivity index (χ0) is 16.1. The van der Waals surface area contributed by atoms with Gasteiger partial charge in [0.25, 0.3) is 0 Å². The first-order valence-electron chi connectivity index (χ1n) is 7.00. The number of benzene rings is 1. The van der Waals surface area contributed by atoms with E-state index >= 15 is 0 Å². The van der Waals surface area contributed by atoms with Gasteiger partial charge in [-0.05, 0) is 11.1 Å². The third kappa shape index (κ3) is 3.42. The number of allylic oxidation sites excluding steroid dienone is 2. The van der Waals surface area contributed by atoms with E-state index in [1.165, 1.54) is 14.2 Å². The summed E-state index contributed by atoms with van der Waals surface area (Å²) in [5.74, 6) is -3.01. The van der Waals surface area contributed by atoms with Crippen LogP contribution in [0.5, 0.6) is 0 Å². The fraction of sp³-hybridized carbons (Fsp3) is 0.353. The van der Waals surface area contributed by atoms with E-state index in [9.17, 15) is 14.4 Å². The average molecular weight is 302 g/mol. The zero-order valence-electron chi connectivity index (χ0n) is 12.6. The van der Waals surface area contributed by atoms with E-state index in [1.54, 1.807) is 6.08 Å². The van der Waals surface area contributed by atoms with Gasteiger partial charge in [0.15, 0.2) is 11.7 Å². The quantitative estimate of drug-likeness (QED) is 0.611. The van der Waals surface area contributed by atoms with Gasteiger partial charge in [-0.15, -0.1) is 0 Å². The Balaban J connectivity index is 2.20. The number of ketones is 1. The molecule has 1 aliphatic rings. The Bertz CT molecular complexity index is 587. The van der Waals surface area contributed by atoms with Gasteiger partial charge in [-0.3, -0.25) is 14.4 Å². The van der Waals surface area contributed by atoms with E-state index in [0.717, 1.165) is 5.56 Å². The summed E-state index contributed by atoms with van der Waals surface area (Å²) in [6.07, 6.45) is 2.32. The number of hydrogen-bond acceptors (Lipinski definition) is 5. The summed E-state index contributed by atoms with van der Waals surface area (Å²) in [6, 6.07) is 9.57. The highest BCUT2D eigenvalue weighted by molar-refractivity contribution is 6.02. The monoisotopic (exact) mass is 302 g/mol. The van der Waals surface area contributed by atoms with Gasteiger partial charge in [-0.25, -0.2) is 0 Å². The maximum atomic E-state index is 12.1. The first-order chi connectivity index (χ1) is 10.6. The third-order valence-corrected chi connectivity index (χ3v) is 3.77. The predicted molar refractivity (Wildman–Crippen MR) is 78.9 cm³/mol. The van der Waals surface area contributed by atoms with Crippen LogP contribution >= 0.6 is 0 Å². The van der Waals surface area contributed by atoms with E-state index < -0.39 is 23.8 Å². The fourth-order valence-corrected chi connectivity index (χ4v) is 2.64. The number of carbonyl (C=O) groups excluding carboxylic acids is 3. The summed E-state index contributed by atoms with van der Waals surface area (Å²) in [7, 11) is 2.42. The maximum absolute atomic E-state index is 12.1. The molecule has 5 nitrogen and oxygen atoms in total. The molecule has 1 aromatic carbocycles. The van der Waals surface area contributed by atoms with E-state index in [0.29, 0.717) is 12.0 Å². The molecule has 1 aliphatic carbocycles. The lowest BCUT2D eigenvalue weighted by Gasteiger charge is -2.16. The molecule has 5 heteroatoms. The molecule has 0 heterocycles. The van der Waals surface area contributed by atoms with Crippen LogP contribution in [-0.2, 0) is 30.3 Å². The maximum Gasteiger partial charge on any atom is 0.320 e. The molecule has 0 N–H and O–H groups in total. The molecule has 1 aromatic rings. The summed E-state index contributed by atoms with van der Waals surface area (Å²) in [5.41, 5.74) is 1.63. The molecule has 0 saturated carbocycles. The van der Waals surface area contributed by atoms with Crippen LogP contribution in [0, 0.1) is 11.8 Å². The second kappa shape index (κ2) is 7.02. The van der Waals surface area contributed by atoms with Crippen molar-refractivity contribution >= 4 is 17.7 Å². The highest BCUT2D eigenvalue weighted by Crippen LogP contribution is 2.31. The smallest absolute Gasteiger partial charge is 0.320 e. The molecular formula is C17H18O5. The summed E-state index contributed by atoms with van der Waals surface area (Å²) in [6.45, 7) is 0. The van der Waals surface area contributed by atoms with E-state index in [4.69, 9.17) is 0 Å². The molecule has 0 radical (unpaired) electrons. The molecule has 1 atom stereocenters. The van der Waals surface area contributed by atoms with Gasteiger partial charge in [0.1, 0.15) is 0 Å². The van der Waals surface area contributed by atoms with Crippen molar-refractivity contribution in [3.8, 4) is 0 Å². The molecule has 0 aromatic heterocycles. The lowest BCUT2D eigenvalue weighted by Crippen LogP contribution is -2.32. The minimum Gasteiger partial charge on any atom is -0.468 e. The van der Waals surface area contributed by atoms with Crippen LogP contribution in [0.1, 0.15) is 12.0 Å². The van der Waals surface area contributed by atoms with Crippen LogP contribution in [0.25, 0.3) is 0 Å². The van der Waals surface area contributed by atoms with Gasteiger partial charge in [-0.2, -0.15) is 0 Å². The molecule has 0 fully saturated rings. The highest BCUT2D eigenvalue weighted by atomic mass is 16.5. The van der Waals surface area contributed by atoms with Crippen molar-refractivity contribution in [2.24, 2.45) is 11.8 Å². The number of carbonyl (C=O) groups is 3. The Morgan fingerprint density at radius 2 is 1.73 bits per heavy atom. The zero-order valence-corrected chi connectivity index (χ0v) is 12.6. The van der Waals surface area contributed by atoms with Crippen LogP contribution in [0.15, 0.2) is 42.0 Å². The van der Waals surface area contributed by atoms with Gasteiger partial charge in [0, 0.05) is 18.8 Å². The van der Waals surface area contributed by atoms with Crippen molar-refractivity contribution in [1.82, 2.24) is 0 Å². The van der Waals surface area contributed by atoms with Gasteiger partial charge >= 0.3 is 11.9 Å². The molecule has 116 valence electrons. The molecule has 1 unspecified atom stereocenters. The van der Waals surface area contributed by atoms with Gasteiger partial charge < -0.3 is 9.47 Å². The molecular weight excluding hydrogens is 284 g/mol. The van der Waals surface area contributed by atoms with Gasteiger partial charge in [0.05, 0.1) is 14.2 Å². The minimum absolute atomic E-state index is 0.0494. The Morgan fingerprint density at radius 3 is 2.27 bits per heavy atom. The Labute approximate surface area is 128 Å². The topological polar surface area (TPSA) is 69.7 Å². The Hall–Kier alpha value is -2.43. The van der Waals surface area contributed by atoms with Gasteiger partial charge in [0.2, 0.25) is 0 Å². The van der Waals surface area contributed by atoms with Crippen molar-refractivity contribution in [1.29, 1.82) is 0 Å². The SMILES string of the molecule is COC(=O)C(C(=O)OC)C1C=C(Cc2ccccc2)C(=O)C1.